The first-order valence-corrected chi connectivity index (χ1v) is 5.73. The predicted molar refractivity (Wildman–Crippen MR) is 70.3 cm³/mol. The van der Waals surface area contributed by atoms with Gasteiger partial charge in [0.05, 0.1) is 0 Å². The van der Waals surface area contributed by atoms with Gasteiger partial charge in [-0.05, 0) is 26.5 Å². The highest BCUT2D eigenvalue weighted by atomic mass is 16.4. The van der Waals surface area contributed by atoms with E-state index in [9.17, 15) is 0 Å². The molecule has 0 aromatic heterocycles. The molecule has 4 nitrogen and oxygen atoms in total. The van der Waals surface area contributed by atoms with Crippen molar-refractivity contribution in [3.63, 3.8) is 0 Å². The van der Waals surface area contributed by atoms with Crippen molar-refractivity contribution >= 4 is 5.84 Å². The normalized spacial score (nSPS) is 12.1. The fraction of sp³-hybridized carbons (Fsp3) is 0.462. The number of rotatable bonds is 5. The standard InChI is InChI=1S/C13H21N3O/c1-10-6-11(2)8-12(7-10)9-16(3)5-4-13(14)15-17/h6-8,17H,4-5,9H2,1-3H3,(H2,14,15). The summed E-state index contributed by atoms with van der Waals surface area (Å²) in [5, 5.41) is 11.4. The van der Waals surface area contributed by atoms with Crippen LogP contribution in [0.3, 0.4) is 0 Å². The third-order valence-corrected chi connectivity index (χ3v) is 2.61. The summed E-state index contributed by atoms with van der Waals surface area (Å²) in [5.74, 6) is 0.275. The molecule has 94 valence electrons. The van der Waals surface area contributed by atoms with Crippen LogP contribution in [0.2, 0.25) is 0 Å². The molecule has 0 bridgehead atoms. The second-order valence-electron chi connectivity index (χ2n) is 4.58. The highest BCUT2D eigenvalue weighted by Crippen LogP contribution is 2.10. The summed E-state index contributed by atoms with van der Waals surface area (Å²) in [6.45, 7) is 5.87. The summed E-state index contributed by atoms with van der Waals surface area (Å²) < 4.78 is 0. The number of nitrogens with zero attached hydrogens (tertiary/aromatic N) is 2. The minimum atomic E-state index is 0.275. The molecule has 0 aliphatic rings. The van der Waals surface area contributed by atoms with Crippen LogP contribution in [0.15, 0.2) is 23.4 Å². The Bertz CT molecular complexity index is 381. The maximum Gasteiger partial charge on any atom is 0.140 e. The van der Waals surface area contributed by atoms with Gasteiger partial charge < -0.3 is 15.8 Å². The van der Waals surface area contributed by atoms with Crippen molar-refractivity contribution in [1.29, 1.82) is 0 Å². The van der Waals surface area contributed by atoms with E-state index in [2.05, 4.69) is 42.1 Å². The lowest BCUT2D eigenvalue weighted by Crippen LogP contribution is -2.24. The summed E-state index contributed by atoms with van der Waals surface area (Å²) in [5.41, 5.74) is 9.30. The van der Waals surface area contributed by atoms with Crippen molar-refractivity contribution in [3.8, 4) is 0 Å². The first-order valence-electron chi connectivity index (χ1n) is 5.73. The topological polar surface area (TPSA) is 61.8 Å². The van der Waals surface area contributed by atoms with Gasteiger partial charge in [-0.15, -0.1) is 0 Å². The maximum atomic E-state index is 8.45. The van der Waals surface area contributed by atoms with Gasteiger partial charge in [0.1, 0.15) is 5.84 Å². The Hall–Kier alpha value is -1.55. The Balaban J connectivity index is 2.53. The highest BCUT2D eigenvalue weighted by molar-refractivity contribution is 5.79. The number of nitrogens with two attached hydrogens (primary N) is 1. The minimum absolute atomic E-state index is 0.275. The van der Waals surface area contributed by atoms with Crippen LogP contribution >= 0.6 is 0 Å². The Morgan fingerprint density at radius 3 is 2.41 bits per heavy atom. The summed E-state index contributed by atoms with van der Waals surface area (Å²) in [6.07, 6.45) is 0.581. The number of hydrogen-bond acceptors (Lipinski definition) is 3. The molecule has 1 aromatic rings. The molecule has 0 saturated carbocycles. The summed E-state index contributed by atoms with van der Waals surface area (Å²) in [7, 11) is 2.03. The molecule has 0 fully saturated rings. The lowest BCUT2D eigenvalue weighted by atomic mass is 10.1. The quantitative estimate of drug-likeness (QED) is 0.354. The van der Waals surface area contributed by atoms with Gasteiger partial charge in [0.25, 0.3) is 0 Å². The van der Waals surface area contributed by atoms with E-state index in [4.69, 9.17) is 10.9 Å². The average Bonchev–Trinajstić information content (AvgIpc) is 2.24. The molecule has 17 heavy (non-hydrogen) atoms. The van der Waals surface area contributed by atoms with Gasteiger partial charge in [-0.25, -0.2) is 0 Å². The first kappa shape index (κ1) is 13.5. The molecule has 0 aliphatic heterocycles. The fourth-order valence-corrected chi connectivity index (χ4v) is 1.91. The van der Waals surface area contributed by atoms with Crippen LogP contribution in [-0.2, 0) is 6.54 Å². The Kier molecular flexibility index (Phi) is 4.97. The number of hydrogen-bond donors (Lipinski definition) is 2. The number of oxime groups is 1. The molecular weight excluding hydrogens is 214 g/mol. The molecule has 1 rings (SSSR count). The zero-order valence-electron chi connectivity index (χ0n) is 10.8. The van der Waals surface area contributed by atoms with E-state index < -0.39 is 0 Å². The van der Waals surface area contributed by atoms with Crippen LogP contribution in [0, 0.1) is 13.8 Å². The highest BCUT2D eigenvalue weighted by Gasteiger charge is 2.03. The minimum Gasteiger partial charge on any atom is -0.409 e. The summed E-state index contributed by atoms with van der Waals surface area (Å²) in [4.78, 5) is 2.16. The molecule has 3 N–H and O–H groups in total. The lowest BCUT2D eigenvalue weighted by Gasteiger charge is -2.16. The van der Waals surface area contributed by atoms with Gasteiger partial charge in [0.15, 0.2) is 0 Å². The third kappa shape index (κ3) is 4.87. The number of aryl methyl sites for hydroxylation is 2. The smallest absolute Gasteiger partial charge is 0.140 e. The van der Waals surface area contributed by atoms with Gasteiger partial charge in [-0.3, -0.25) is 0 Å². The molecule has 0 unspecified atom stereocenters. The Morgan fingerprint density at radius 2 is 1.88 bits per heavy atom. The van der Waals surface area contributed by atoms with Gasteiger partial charge >= 0.3 is 0 Å². The van der Waals surface area contributed by atoms with Crippen molar-refractivity contribution in [3.05, 3.63) is 34.9 Å². The predicted octanol–water partition coefficient (Wildman–Crippen LogP) is 1.87. The number of benzene rings is 1. The Morgan fingerprint density at radius 1 is 1.29 bits per heavy atom. The largest absolute Gasteiger partial charge is 0.409 e. The molecule has 0 radical (unpaired) electrons. The summed E-state index contributed by atoms with van der Waals surface area (Å²) >= 11 is 0. The van der Waals surface area contributed by atoms with Crippen LogP contribution in [0.4, 0.5) is 0 Å². The lowest BCUT2D eigenvalue weighted by molar-refractivity contribution is 0.309. The van der Waals surface area contributed by atoms with Gasteiger partial charge in [-0.1, -0.05) is 34.5 Å². The monoisotopic (exact) mass is 235 g/mol. The molecule has 4 heteroatoms. The molecular formula is C13H21N3O. The number of amidine groups is 1. The van der Waals surface area contributed by atoms with E-state index in [1.807, 2.05) is 7.05 Å². The van der Waals surface area contributed by atoms with E-state index in [1.165, 1.54) is 16.7 Å². The van der Waals surface area contributed by atoms with Crippen molar-refractivity contribution in [1.82, 2.24) is 4.90 Å². The molecule has 0 aliphatic carbocycles. The van der Waals surface area contributed by atoms with Gasteiger partial charge in [0, 0.05) is 19.5 Å². The van der Waals surface area contributed by atoms with Gasteiger partial charge in [-0.2, -0.15) is 0 Å². The van der Waals surface area contributed by atoms with Crippen LogP contribution < -0.4 is 5.73 Å². The molecule has 0 saturated heterocycles. The molecule has 0 amide bonds. The average molecular weight is 235 g/mol. The van der Waals surface area contributed by atoms with Crippen LogP contribution in [0.1, 0.15) is 23.1 Å². The maximum absolute atomic E-state index is 8.45. The summed E-state index contributed by atoms with van der Waals surface area (Å²) in [6, 6.07) is 6.54. The van der Waals surface area contributed by atoms with E-state index >= 15 is 0 Å². The molecule has 1 aromatic carbocycles. The van der Waals surface area contributed by atoms with Crippen molar-refractivity contribution < 1.29 is 5.21 Å². The zero-order chi connectivity index (χ0) is 12.8. The third-order valence-electron chi connectivity index (χ3n) is 2.61. The Labute approximate surface area is 103 Å². The van der Waals surface area contributed by atoms with Crippen LogP contribution in [0.5, 0.6) is 0 Å². The molecule has 0 atom stereocenters. The van der Waals surface area contributed by atoms with Crippen LogP contribution in [-0.4, -0.2) is 29.5 Å². The molecule has 0 spiro atoms. The van der Waals surface area contributed by atoms with E-state index in [0.29, 0.717) is 6.42 Å². The van der Waals surface area contributed by atoms with Crippen molar-refractivity contribution in [2.45, 2.75) is 26.8 Å². The van der Waals surface area contributed by atoms with Crippen molar-refractivity contribution in [2.75, 3.05) is 13.6 Å². The van der Waals surface area contributed by atoms with Gasteiger partial charge in [0.2, 0.25) is 0 Å². The molecule has 0 heterocycles. The van der Waals surface area contributed by atoms with Crippen LogP contribution in [0.25, 0.3) is 0 Å². The van der Waals surface area contributed by atoms with Crippen molar-refractivity contribution in [2.24, 2.45) is 10.9 Å². The fourth-order valence-electron chi connectivity index (χ4n) is 1.91. The van der Waals surface area contributed by atoms with E-state index in [-0.39, 0.29) is 5.84 Å². The second-order valence-corrected chi connectivity index (χ2v) is 4.58. The second kappa shape index (κ2) is 6.25. The van der Waals surface area contributed by atoms with E-state index in [0.717, 1.165) is 13.1 Å². The zero-order valence-corrected chi connectivity index (χ0v) is 10.8. The first-order chi connectivity index (χ1) is 8.01. The SMILES string of the molecule is Cc1cc(C)cc(CN(C)CC/C(N)=N/O)c1. The van der Waals surface area contributed by atoms with E-state index in [1.54, 1.807) is 0 Å².